The van der Waals surface area contributed by atoms with E-state index in [4.69, 9.17) is 15.2 Å². The van der Waals surface area contributed by atoms with Crippen molar-refractivity contribution in [3.05, 3.63) is 0 Å². The van der Waals surface area contributed by atoms with Crippen LogP contribution in [0, 0.1) is 5.92 Å². The maximum Gasteiger partial charge on any atom is 0.0702 e. The molecule has 0 amide bonds. The largest absolute Gasteiger partial charge is 0.383 e. The first-order valence-electron chi connectivity index (χ1n) is 7.32. The number of piperidine rings is 1. The summed E-state index contributed by atoms with van der Waals surface area (Å²) in [6.07, 6.45) is 5.38. The summed E-state index contributed by atoms with van der Waals surface area (Å²) in [5.74, 6) is 0.725. The number of hydrogen-bond acceptors (Lipinski definition) is 4. The van der Waals surface area contributed by atoms with Gasteiger partial charge in [-0.25, -0.2) is 0 Å². The molecule has 2 rings (SSSR count). The van der Waals surface area contributed by atoms with E-state index in [-0.39, 0.29) is 5.54 Å². The summed E-state index contributed by atoms with van der Waals surface area (Å²) in [5.41, 5.74) is 6.18. The van der Waals surface area contributed by atoms with E-state index in [0.717, 1.165) is 32.2 Å². The standard InChI is InChI=1S/C14H28N2O2/c1-3-18-13-5-4-8-16(9-13)14(10-15,11-17-2)12-6-7-12/h12-13H,3-11,15H2,1-2H3. The highest BCUT2D eigenvalue weighted by Gasteiger charge is 2.49. The predicted molar refractivity (Wildman–Crippen MR) is 72.6 cm³/mol. The van der Waals surface area contributed by atoms with E-state index >= 15 is 0 Å². The molecule has 1 aliphatic carbocycles. The molecule has 0 spiro atoms. The summed E-state index contributed by atoms with van der Waals surface area (Å²) in [6, 6.07) is 0. The van der Waals surface area contributed by atoms with Gasteiger partial charge in [0.15, 0.2) is 0 Å². The molecule has 4 heteroatoms. The minimum atomic E-state index is 0.0600. The average molecular weight is 256 g/mol. The van der Waals surface area contributed by atoms with Gasteiger partial charge < -0.3 is 15.2 Å². The van der Waals surface area contributed by atoms with Crippen molar-refractivity contribution in [2.24, 2.45) is 11.7 Å². The molecule has 2 atom stereocenters. The van der Waals surface area contributed by atoms with Crippen molar-refractivity contribution >= 4 is 0 Å². The Morgan fingerprint density at radius 1 is 1.33 bits per heavy atom. The van der Waals surface area contributed by atoms with E-state index in [2.05, 4.69) is 11.8 Å². The summed E-state index contributed by atoms with van der Waals surface area (Å²) in [5, 5.41) is 0. The maximum atomic E-state index is 6.12. The van der Waals surface area contributed by atoms with Crippen LogP contribution in [0.1, 0.15) is 32.6 Å². The lowest BCUT2D eigenvalue weighted by atomic mass is 9.89. The number of likely N-dealkylation sites (tertiary alicyclic amines) is 1. The zero-order chi connectivity index (χ0) is 13.0. The van der Waals surface area contributed by atoms with Gasteiger partial charge >= 0.3 is 0 Å². The van der Waals surface area contributed by atoms with Gasteiger partial charge in [0.1, 0.15) is 0 Å². The van der Waals surface area contributed by atoms with Gasteiger partial charge in [-0.1, -0.05) is 0 Å². The molecule has 2 aliphatic rings. The topological polar surface area (TPSA) is 47.7 Å². The maximum absolute atomic E-state index is 6.12. The molecule has 1 heterocycles. The molecule has 0 aromatic carbocycles. The van der Waals surface area contributed by atoms with Crippen LogP contribution in [0.25, 0.3) is 0 Å². The van der Waals surface area contributed by atoms with E-state index in [1.807, 2.05) is 0 Å². The molecule has 0 aromatic rings. The summed E-state index contributed by atoms with van der Waals surface area (Å²) in [7, 11) is 1.79. The lowest BCUT2D eigenvalue weighted by Gasteiger charge is -2.47. The van der Waals surface area contributed by atoms with Crippen LogP contribution in [0.3, 0.4) is 0 Å². The molecule has 1 aliphatic heterocycles. The van der Waals surface area contributed by atoms with Gasteiger partial charge in [-0.15, -0.1) is 0 Å². The fraction of sp³-hybridized carbons (Fsp3) is 1.00. The first-order valence-corrected chi connectivity index (χ1v) is 7.32. The number of ether oxygens (including phenoxy) is 2. The highest BCUT2D eigenvalue weighted by atomic mass is 16.5. The van der Waals surface area contributed by atoms with Gasteiger partial charge in [0.25, 0.3) is 0 Å². The predicted octanol–water partition coefficient (Wildman–Crippen LogP) is 1.24. The Labute approximate surface area is 111 Å². The fourth-order valence-electron chi connectivity index (χ4n) is 3.41. The van der Waals surface area contributed by atoms with E-state index in [1.54, 1.807) is 7.11 Å². The average Bonchev–Trinajstić information content (AvgIpc) is 3.21. The van der Waals surface area contributed by atoms with E-state index in [9.17, 15) is 0 Å². The number of hydrogen-bond donors (Lipinski definition) is 1. The third-order valence-electron chi connectivity index (χ3n) is 4.50. The van der Waals surface area contributed by atoms with Gasteiger partial charge in [-0.05, 0) is 45.1 Å². The van der Waals surface area contributed by atoms with Crippen LogP contribution >= 0.6 is 0 Å². The van der Waals surface area contributed by atoms with Crippen LogP contribution in [0.15, 0.2) is 0 Å². The van der Waals surface area contributed by atoms with Crippen LogP contribution < -0.4 is 5.73 Å². The molecule has 4 nitrogen and oxygen atoms in total. The zero-order valence-corrected chi connectivity index (χ0v) is 11.9. The van der Waals surface area contributed by atoms with E-state index in [0.29, 0.717) is 12.6 Å². The molecule has 106 valence electrons. The minimum absolute atomic E-state index is 0.0600. The fourth-order valence-corrected chi connectivity index (χ4v) is 3.41. The highest BCUT2D eigenvalue weighted by Crippen LogP contribution is 2.44. The number of methoxy groups -OCH3 is 1. The van der Waals surface area contributed by atoms with Crippen LogP contribution in [0.4, 0.5) is 0 Å². The van der Waals surface area contributed by atoms with Gasteiger partial charge in [0, 0.05) is 26.8 Å². The third kappa shape index (κ3) is 2.87. The highest BCUT2D eigenvalue weighted by molar-refractivity contribution is 5.04. The molecule has 1 saturated carbocycles. The van der Waals surface area contributed by atoms with Crippen molar-refractivity contribution in [1.29, 1.82) is 0 Å². The van der Waals surface area contributed by atoms with Crippen molar-refractivity contribution in [2.45, 2.75) is 44.2 Å². The van der Waals surface area contributed by atoms with Crippen LogP contribution in [-0.2, 0) is 9.47 Å². The zero-order valence-electron chi connectivity index (χ0n) is 11.9. The molecule has 0 bridgehead atoms. The van der Waals surface area contributed by atoms with Gasteiger partial charge in [0.05, 0.1) is 18.2 Å². The lowest BCUT2D eigenvalue weighted by Crippen LogP contribution is -2.62. The second-order valence-electron chi connectivity index (χ2n) is 5.68. The van der Waals surface area contributed by atoms with Crippen LogP contribution in [-0.4, -0.2) is 56.5 Å². The van der Waals surface area contributed by atoms with Crippen LogP contribution in [0.2, 0.25) is 0 Å². The molecule has 18 heavy (non-hydrogen) atoms. The molecular weight excluding hydrogens is 228 g/mol. The summed E-state index contributed by atoms with van der Waals surface area (Å²) < 4.78 is 11.3. The Bertz CT molecular complexity index is 256. The first kappa shape index (κ1) is 14.3. The van der Waals surface area contributed by atoms with Gasteiger partial charge in [-0.3, -0.25) is 4.90 Å². The number of nitrogens with two attached hydrogens (primary N) is 1. The molecule has 2 N–H and O–H groups in total. The smallest absolute Gasteiger partial charge is 0.0702 e. The van der Waals surface area contributed by atoms with E-state index < -0.39 is 0 Å². The lowest BCUT2D eigenvalue weighted by molar-refractivity contribution is -0.0631. The molecule has 1 saturated heterocycles. The normalized spacial score (nSPS) is 29.2. The molecular formula is C14H28N2O2. The Balaban J connectivity index is 2.04. The SMILES string of the molecule is CCOC1CCCN(C(CN)(COC)C2CC2)C1. The number of rotatable bonds is 7. The van der Waals surface area contributed by atoms with Gasteiger partial charge in [0.2, 0.25) is 0 Å². The molecule has 0 aromatic heterocycles. The molecule has 2 unspecified atom stereocenters. The first-order chi connectivity index (χ1) is 8.76. The second-order valence-corrected chi connectivity index (χ2v) is 5.68. The van der Waals surface area contributed by atoms with Gasteiger partial charge in [-0.2, -0.15) is 0 Å². The quantitative estimate of drug-likeness (QED) is 0.744. The van der Waals surface area contributed by atoms with E-state index in [1.165, 1.54) is 25.7 Å². The summed E-state index contributed by atoms with van der Waals surface area (Å²) >= 11 is 0. The van der Waals surface area contributed by atoms with Crippen molar-refractivity contribution in [2.75, 3.05) is 40.0 Å². The Hall–Kier alpha value is -0.160. The Morgan fingerprint density at radius 3 is 2.67 bits per heavy atom. The number of nitrogens with zero attached hydrogens (tertiary/aromatic N) is 1. The van der Waals surface area contributed by atoms with Crippen molar-refractivity contribution in [1.82, 2.24) is 4.90 Å². The Morgan fingerprint density at radius 2 is 2.11 bits per heavy atom. The molecule has 2 fully saturated rings. The van der Waals surface area contributed by atoms with Crippen LogP contribution in [0.5, 0.6) is 0 Å². The Kier molecular flexibility index (Phi) is 5.01. The summed E-state index contributed by atoms with van der Waals surface area (Å²) in [4.78, 5) is 2.55. The summed E-state index contributed by atoms with van der Waals surface area (Å²) in [6.45, 7) is 6.50. The molecule has 0 radical (unpaired) electrons. The monoisotopic (exact) mass is 256 g/mol. The van der Waals surface area contributed by atoms with Crippen molar-refractivity contribution in [3.63, 3.8) is 0 Å². The van der Waals surface area contributed by atoms with Crippen molar-refractivity contribution in [3.8, 4) is 0 Å². The minimum Gasteiger partial charge on any atom is -0.383 e. The van der Waals surface area contributed by atoms with Crippen molar-refractivity contribution < 1.29 is 9.47 Å². The second kappa shape index (κ2) is 6.33. The third-order valence-corrected chi connectivity index (χ3v) is 4.50.